The van der Waals surface area contributed by atoms with E-state index in [9.17, 15) is 14.0 Å². The number of nitrogens with one attached hydrogen (secondary N) is 1. The van der Waals surface area contributed by atoms with Crippen LogP contribution in [0.1, 0.15) is 10.4 Å². The summed E-state index contributed by atoms with van der Waals surface area (Å²) in [5.74, 6) is 0.566. The molecule has 10 nitrogen and oxygen atoms in total. The van der Waals surface area contributed by atoms with Crippen LogP contribution in [0.15, 0.2) is 125 Å². The number of carbonyl (C=O) groups excluding carboxylic acids is 1. The van der Waals surface area contributed by atoms with Crippen molar-refractivity contribution in [3.8, 4) is 39.6 Å². The number of amides is 1. The average Bonchev–Trinajstić information content (AvgIpc) is 3.67. The maximum absolute atomic E-state index is 13.4. The van der Waals surface area contributed by atoms with Gasteiger partial charge in [-0.3, -0.25) is 18.8 Å². The highest BCUT2D eigenvalue weighted by Gasteiger charge is 2.23. The second-order valence-corrected chi connectivity index (χ2v) is 10.5. The number of ether oxygens (including phenoxy) is 1. The number of hydrogen-bond acceptors (Lipinski definition) is 7. The fourth-order valence-electron chi connectivity index (χ4n) is 5.19. The Bertz CT molecular complexity index is 2290. The molecule has 3 N–H and O–H groups in total. The summed E-state index contributed by atoms with van der Waals surface area (Å²) < 4.78 is 28.9. The van der Waals surface area contributed by atoms with Crippen LogP contribution in [0, 0.1) is 5.82 Å². The van der Waals surface area contributed by atoms with E-state index in [1.165, 1.54) is 41.1 Å². The molecule has 3 aromatic carbocycles. The number of rotatable bonds is 7. The Morgan fingerprint density at radius 3 is 2.52 bits per heavy atom. The molecule has 0 atom stereocenters. The van der Waals surface area contributed by atoms with Gasteiger partial charge in [-0.1, -0.05) is 12.1 Å². The van der Waals surface area contributed by atoms with Crippen LogP contribution in [0.2, 0.25) is 0 Å². The number of halogens is 1. The molecule has 1 amide bonds. The van der Waals surface area contributed by atoms with Crippen molar-refractivity contribution in [1.82, 2.24) is 19.3 Å². The molecule has 0 unspecified atom stereocenters. The Hall–Kier alpha value is -6.49. The maximum Gasteiger partial charge on any atom is 0.267 e. The number of nitrogens with two attached hydrogens (primary N) is 1. The van der Waals surface area contributed by atoms with Crippen molar-refractivity contribution < 1.29 is 18.3 Å². The number of furan rings is 1. The lowest BCUT2D eigenvalue weighted by molar-refractivity contribution is 0.102. The molecule has 7 aromatic rings. The quantitative estimate of drug-likeness (QED) is 0.189. The second-order valence-electron chi connectivity index (χ2n) is 10.5. The lowest BCUT2D eigenvalue weighted by atomic mass is 9.99. The number of benzene rings is 3. The number of nitrogens with zero attached hydrogens (tertiary/aromatic N) is 4. The van der Waals surface area contributed by atoms with Crippen LogP contribution in [-0.2, 0) is 7.05 Å². The zero-order valence-corrected chi connectivity index (χ0v) is 24.3. The fraction of sp³-hybridized carbons (Fsp3) is 0.0286. The van der Waals surface area contributed by atoms with Gasteiger partial charge in [-0.15, -0.1) is 0 Å². The molecule has 0 aliphatic heterocycles. The van der Waals surface area contributed by atoms with Crippen LogP contribution in [-0.4, -0.2) is 25.2 Å². The van der Waals surface area contributed by atoms with Crippen molar-refractivity contribution in [2.24, 2.45) is 7.05 Å². The maximum atomic E-state index is 13.4. The third kappa shape index (κ3) is 5.37. The van der Waals surface area contributed by atoms with Gasteiger partial charge in [-0.05, 0) is 78.4 Å². The number of anilines is 2. The Morgan fingerprint density at radius 1 is 0.978 bits per heavy atom. The number of pyridine rings is 2. The van der Waals surface area contributed by atoms with Gasteiger partial charge in [-0.25, -0.2) is 9.37 Å². The van der Waals surface area contributed by atoms with Crippen molar-refractivity contribution >= 4 is 28.4 Å². The molecular formula is C35H25FN6O4. The van der Waals surface area contributed by atoms with E-state index in [-0.39, 0.29) is 5.56 Å². The predicted molar refractivity (Wildman–Crippen MR) is 173 cm³/mol. The Kier molecular flexibility index (Phi) is 7.10. The van der Waals surface area contributed by atoms with Gasteiger partial charge in [0.25, 0.3) is 11.5 Å². The van der Waals surface area contributed by atoms with Crippen molar-refractivity contribution in [1.29, 1.82) is 0 Å². The molecule has 226 valence electrons. The van der Waals surface area contributed by atoms with Crippen molar-refractivity contribution in [2.45, 2.75) is 0 Å². The van der Waals surface area contributed by atoms with Gasteiger partial charge in [-0.2, -0.15) is 5.10 Å². The van der Waals surface area contributed by atoms with E-state index in [1.54, 1.807) is 53.5 Å². The van der Waals surface area contributed by atoms with Crippen LogP contribution in [0.3, 0.4) is 0 Å². The van der Waals surface area contributed by atoms with Gasteiger partial charge in [0.1, 0.15) is 28.6 Å². The largest absolute Gasteiger partial charge is 0.456 e. The summed E-state index contributed by atoms with van der Waals surface area (Å²) in [7, 11) is 1.83. The van der Waals surface area contributed by atoms with Crippen molar-refractivity contribution in [3.05, 3.63) is 138 Å². The first-order valence-electron chi connectivity index (χ1n) is 14.2. The first kappa shape index (κ1) is 28.3. The first-order valence-corrected chi connectivity index (χ1v) is 14.2. The number of aromatic nitrogens is 4. The van der Waals surface area contributed by atoms with Crippen molar-refractivity contribution in [2.75, 3.05) is 11.1 Å². The van der Waals surface area contributed by atoms with Gasteiger partial charge >= 0.3 is 0 Å². The summed E-state index contributed by atoms with van der Waals surface area (Å²) in [6.07, 6.45) is 6.69. The lowest BCUT2D eigenvalue weighted by Gasteiger charge is -2.11. The fourth-order valence-corrected chi connectivity index (χ4v) is 5.19. The molecule has 0 bridgehead atoms. The smallest absolute Gasteiger partial charge is 0.267 e. The van der Waals surface area contributed by atoms with Crippen molar-refractivity contribution in [3.63, 3.8) is 0 Å². The number of fused-ring (bicyclic) bond motifs is 1. The number of hydrogen-bond donors (Lipinski definition) is 2. The molecule has 0 radical (unpaired) electrons. The SMILES string of the molecule is Cn1cc(-c2oc3nccc(Oc4ccc(NC(=O)c5cccn(-c6ccc(F)cc6)c5=O)cc4)c3c2-c2cccc(N)c2)cn1. The first-order chi connectivity index (χ1) is 22.3. The minimum atomic E-state index is -0.584. The van der Waals surface area contributed by atoms with E-state index in [1.807, 2.05) is 37.5 Å². The Morgan fingerprint density at radius 2 is 1.78 bits per heavy atom. The summed E-state index contributed by atoms with van der Waals surface area (Å²) in [6.45, 7) is 0. The van der Waals surface area contributed by atoms with Crippen LogP contribution < -0.4 is 21.3 Å². The molecule has 11 heteroatoms. The molecular weight excluding hydrogens is 587 g/mol. The van der Waals surface area contributed by atoms with Gasteiger partial charge in [0.2, 0.25) is 5.71 Å². The standard InChI is InChI=1S/C35H25FN6O4/c1-41-20-22(19-39-41)32-30(21-4-2-5-24(37)18-21)31-29(15-16-38-34(31)46-32)45-27-13-9-25(10-14-27)40-33(43)28-6-3-17-42(35(28)44)26-11-7-23(36)8-12-26/h2-20H,37H2,1H3,(H,40,43). The van der Waals surface area contributed by atoms with E-state index in [0.29, 0.717) is 45.4 Å². The highest BCUT2D eigenvalue weighted by atomic mass is 19.1. The summed E-state index contributed by atoms with van der Waals surface area (Å²) in [4.78, 5) is 30.6. The third-order valence-electron chi connectivity index (χ3n) is 7.33. The highest BCUT2D eigenvalue weighted by Crippen LogP contribution is 2.45. The molecule has 0 saturated carbocycles. The molecule has 46 heavy (non-hydrogen) atoms. The van der Waals surface area contributed by atoms with Gasteiger partial charge in [0.15, 0.2) is 0 Å². The molecule has 4 aromatic heterocycles. The minimum absolute atomic E-state index is 0.0650. The monoisotopic (exact) mass is 612 g/mol. The highest BCUT2D eigenvalue weighted by molar-refractivity contribution is 6.05. The lowest BCUT2D eigenvalue weighted by Crippen LogP contribution is -2.27. The molecule has 0 fully saturated rings. The Labute approximate surface area is 261 Å². The van der Waals surface area contributed by atoms with Crippen LogP contribution in [0.5, 0.6) is 11.5 Å². The molecule has 0 aliphatic rings. The predicted octanol–water partition coefficient (Wildman–Crippen LogP) is 6.81. The van der Waals surface area contributed by atoms with Gasteiger partial charge in [0, 0.05) is 54.3 Å². The number of carbonyl (C=O) groups is 1. The Balaban J connectivity index is 1.18. The van der Waals surface area contributed by atoms with E-state index >= 15 is 0 Å². The van der Waals surface area contributed by atoms with Gasteiger partial charge < -0.3 is 20.2 Å². The minimum Gasteiger partial charge on any atom is -0.456 e. The van der Waals surface area contributed by atoms with Gasteiger partial charge in [0.05, 0.1) is 17.1 Å². The zero-order valence-electron chi connectivity index (χ0n) is 24.3. The van der Waals surface area contributed by atoms with E-state index < -0.39 is 17.3 Å². The summed E-state index contributed by atoms with van der Waals surface area (Å²) in [5.41, 5.74) is 9.77. The van der Waals surface area contributed by atoms with Crippen LogP contribution >= 0.6 is 0 Å². The normalized spacial score (nSPS) is 11.1. The third-order valence-corrected chi connectivity index (χ3v) is 7.33. The summed E-state index contributed by atoms with van der Waals surface area (Å²) in [5, 5.41) is 7.71. The second kappa shape index (κ2) is 11.5. The topological polar surface area (TPSA) is 130 Å². The molecule has 0 aliphatic carbocycles. The molecule has 4 heterocycles. The summed E-state index contributed by atoms with van der Waals surface area (Å²) in [6, 6.07) is 24.4. The molecule has 0 saturated heterocycles. The number of nitrogen functional groups attached to an aromatic ring is 1. The average molecular weight is 613 g/mol. The van der Waals surface area contributed by atoms with E-state index in [0.717, 1.165) is 16.7 Å². The molecule has 7 rings (SSSR count). The van der Waals surface area contributed by atoms with Crippen LogP contribution in [0.4, 0.5) is 15.8 Å². The van der Waals surface area contributed by atoms with E-state index in [4.69, 9.17) is 14.9 Å². The number of aryl methyl sites for hydroxylation is 1. The zero-order chi connectivity index (χ0) is 31.8. The van der Waals surface area contributed by atoms with Crippen LogP contribution in [0.25, 0.3) is 39.2 Å². The van der Waals surface area contributed by atoms with E-state index in [2.05, 4.69) is 15.4 Å². The molecule has 0 spiro atoms. The summed E-state index contributed by atoms with van der Waals surface area (Å²) >= 11 is 0.